The zero-order chi connectivity index (χ0) is 21.1. The number of anilines is 1. The first-order valence-corrected chi connectivity index (χ1v) is 10.1. The lowest BCUT2D eigenvalue weighted by Gasteiger charge is -2.36. The molecule has 158 valence electrons. The lowest BCUT2D eigenvalue weighted by atomic mass is 10.1. The molecular formula is C19H17F3N4O3S. The average molecular weight is 438 g/mol. The van der Waals surface area contributed by atoms with Gasteiger partial charge in [-0.2, -0.15) is 13.2 Å². The van der Waals surface area contributed by atoms with Gasteiger partial charge in [0.15, 0.2) is 5.76 Å². The Hall–Kier alpha value is -2.95. The molecule has 0 aliphatic carbocycles. The summed E-state index contributed by atoms with van der Waals surface area (Å²) in [5, 5.41) is 8.02. The molecule has 1 amide bonds. The molecule has 2 aromatic heterocycles. The van der Waals surface area contributed by atoms with Crippen LogP contribution in [-0.4, -0.2) is 52.9 Å². The highest BCUT2D eigenvalue weighted by molar-refractivity contribution is 7.99. The summed E-state index contributed by atoms with van der Waals surface area (Å²) in [6.07, 6.45) is -2.88. The van der Waals surface area contributed by atoms with Gasteiger partial charge in [-0.3, -0.25) is 4.79 Å². The minimum absolute atomic E-state index is 0.0959. The van der Waals surface area contributed by atoms with Crippen molar-refractivity contribution >= 4 is 23.4 Å². The number of aromatic nitrogens is 2. The third-order valence-electron chi connectivity index (χ3n) is 4.63. The zero-order valence-electron chi connectivity index (χ0n) is 15.6. The number of alkyl halides is 3. The molecule has 3 heterocycles. The Labute approximate surface area is 173 Å². The molecule has 4 rings (SSSR count). The van der Waals surface area contributed by atoms with Gasteiger partial charge in [0.25, 0.3) is 11.1 Å². The molecule has 0 unspecified atom stereocenters. The van der Waals surface area contributed by atoms with E-state index >= 15 is 0 Å². The van der Waals surface area contributed by atoms with Crippen LogP contribution in [0.1, 0.15) is 5.56 Å². The van der Waals surface area contributed by atoms with Gasteiger partial charge in [0.1, 0.15) is 0 Å². The van der Waals surface area contributed by atoms with E-state index in [0.717, 1.165) is 23.9 Å². The Morgan fingerprint density at radius 2 is 1.90 bits per heavy atom. The van der Waals surface area contributed by atoms with E-state index in [2.05, 4.69) is 10.2 Å². The van der Waals surface area contributed by atoms with E-state index in [1.807, 2.05) is 4.90 Å². The van der Waals surface area contributed by atoms with Crippen molar-refractivity contribution in [1.82, 2.24) is 15.1 Å². The van der Waals surface area contributed by atoms with Gasteiger partial charge in [0, 0.05) is 31.9 Å². The molecule has 0 bridgehead atoms. The standard InChI is InChI=1S/C19H17F3N4O3S/c20-19(21,22)13-3-1-4-14(11-13)25-6-8-26(9-7-25)16(27)12-30-18-24-23-17(29-18)15-5-2-10-28-15/h1-5,10-11H,6-9,12H2. The van der Waals surface area contributed by atoms with Gasteiger partial charge in [-0.15, -0.1) is 10.2 Å². The van der Waals surface area contributed by atoms with E-state index in [0.29, 0.717) is 37.6 Å². The topological polar surface area (TPSA) is 75.6 Å². The fourth-order valence-corrected chi connectivity index (χ4v) is 3.74. The summed E-state index contributed by atoms with van der Waals surface area (Å²) in [6.45, 7) is 1.77. The molecule has 11 heteroatoms. The summed E-state index contributed by atoms with van der Waals surface area (Å²) in [5.74, 6) is 0.723. The highest BCUT2D eigenvalue weighted by Gasteiger charge is 2.31. The van der Waals surface area contributed by atoms with Crippen molar-refractivity contribution < 1.29 is 26.8 Å². The molecule has 30 heavy (non-hydrogen) atoms. The van der Waals surface area contributed by atoms with Crippen LogP contribution in [-0.2, 0) is 11.0 Å². The number of halogens is 3. The van der Waals surface area contributed by atoms with Gasteiger partial charge >= 0.3 is 6.18 Å². The number of amides is 1. The average Bonchev–Trinajstić information content (AvgIpc) is 3.43. The maximum absolute atomic E-state index is 12.9. The fraction of sp³-hybridized carbons (Fsp3) is 0.316. The summed E-state index contributed by atoms with van der Waals surface area (Å²) in [5.41, 5.74) is -0.175. The quantitative estimate of drug-likeness (QED) is 0.561. The summed E-state index contributed by atoms with van der Waals surface area (Å²) in [7, 11) is 0. The van der Waals surface area contributed by atoms with Crippen molar-refractivity contribution in [2.24, 2.45) is 0 Å². The third kappa shape index (κ3) is 4.61. The van der Waals surface area contributed by atoms with Crippen molar-refractivity contribution in [2.45, 2.75) is 11.4 Å². The van der Waals surface area contributed by atoms with E-state index in [-0.39, 0.29) is 22.8 Å². The predicted octanol–water partition coefficient (Wildman–Crippen LogP) is 3.79. The normalized spacial score (nSPS) is 14.9. The first-order chi connectivity index (χ1) is 14.4. The number of piperazine rings is 1. The van der Waals surface area contributed by atoms with Crippen molar-refractivity contribution in [3.8, 4) is 11.7 Å². The maximum Gasteiger partial charge on any atom is 0.416 e. The number of benzene rings is 1. The smallest absolute Gasteiger partial charge is 0.416 e. The Kier molecular flexibility index (Phi) is 5.71. The second kappa shape index (κ2) is 8.42. The SMILES string of the molecule is O=C(CSc1nnc(-c2ccco2)o1)N1CCN(c2cccc(C(F)(F)F)c2)CC1. The van der Waals surface area contributed by atoms with Crippen LogP contribution in [0.25, 0.3) is 11.7 Å². The summed E-state index contributed by atoms with van der Waals surface area (Å²) in [6, 6.07) is 8.63. The highest BCUT2D eigenvalue weighted by atomic mass is 32.2. The van der Waals surface area contributed by atoms with Gasteiger partial charge in [0.2, 0.25) is 5.91 Å². The van der Waals surface area contributed by atoms with Gasteiger partial charge < -0.3 is 18.6 Å². The molecule has 0 N–H and O–H groups in total. The molecule has 0 saturated carbocycles. The molecule has 0 atom stereocenters. The lowest BCUT2D eigenvalue weighted by molar-refractivity contribution is -0.137. The first-order valence-electron chi connectivity index (χ1n) is 9.10. The van der Waals surface area contributed by atoms with Crippen molar-refractivity contribution in [3.63, 3.8) is 0 Å². The Morgan fingerprint density at radius 1 is 1.10 bits per heavy atom. The second-order valence-corrected chi connectivity index (χ2v) is 7.48. The van der Waals surface area contributed by atoms with Crippen molar-refractivity contribution in [2.75, 3.05) is 36.8 Å². The summed E-state index contributed by atoms with van der Waals surface area (Å²) < 4.78 is 49.4. The zero-order valence-corrected chi connectivity index (χ0v) is 16.4. The number of hydrogen-bond acceptors (Lipinski definition) is 7. The number of carbonyl (C=O) groups excluding carboxylic acids is 1. The number of hydrogen-bond donors (Lipinski definition) is 0. The van der Waals surface area contributed by atoms with Gasteiger partial charge in [-0.05, 0) is 30.3 Å². The number of furan rings is 1. The molecule has 3 aromatic rings. The molecule has 1 saturated heterocycles. The van der Waals surface area contributed by atoms with Gasteiger partial charge in [-0.1, -0.05) is 17.8 Å². The van der Waals surface area contributed by atoms with E-state index in [1.54, 1.807) is 23.1 Å². The maximum atomic E-state index is 12.9. The van der Waals surface area contributed by atoms with Crippen LogP contribution < -0.4 is 4.90 Å². The third-order valence-corrected chi connectivity index (χ3v) is 5.43. The number of carbonyl (C=O) groups is 1. The van der Waals surface area contributed by atoms with Crippen LogP contribution in [0.5, 0.6) is 0 Å². The highest BCUT2D eigenvalue weighted by Crippen LogP contribution is 2.32. The van der Waals surface area contributed by atoms with E-state index in [9.17, 15) is 18.0 Å². The Bertz CT molecular complexity index is 999. The minimum Gasteiger partial charge on any atom is -0.459 e. The van der Waals surface area contributed by atoms with E-state index in [4.69, 9.17) is 8.83 Å². The number of thioether (sulfide) groups is 1. The van der Waals surface area contributed by atoms with Crippen LogP contribution >= 0.6 is 11.8 Å². The van der Waals surface area contributed by atoms with Crippen molar-refractivity contribution in [3.05, 3.63) is 48.2 Å². The minimum atomic E-state index is -4.38. The molecule has 7 nitrogen and oxygen atoms in total. The predicted molar refractivity (Wildman–Crippen MR) is 103 cm³/mol. The molecule has 1 aliphatic rings. The summed E-state index contributed by atoms with van der Waals surface area (Å²) >= 11 is 1.13. The molecule has 0 radical (unpaired) electrons. The number of rotatable bonds is 5. The number of nitrogens with zero attached hydrogens (tertiary/aromatic N) is 4. The monoisotopic (exact) mass is 438 g/mol. The fourth-order valence-electron chi connectivity index (χ4n) is 3.08. The van der Waals surface area contributed by atoms with Crippen LogP contribution in [0.4, 0.5) is 18.9 Å². The lowest BCUT2D eigenvalue weighted by Crippen LogP contribution is -2.49. The van der Waals surface area contributed by atoms with Gasteiger partial charge in [0.05, 0.1) is 17.6 Å². The molecule has 0 spiro atoms. The molecule has 1 aromatic carbocycles. The Morgan fingerprint density at radius 3 is 2.60 bits per heavy atom. The van der Waals surface area contributed by atoms with Crippen LogP contribution in [0.2, 0.25) is 0 Å². The Balaban J connectivity index is 1.28. The van der Waals surface area contributed by atoms with Crippen LogP contribution in [0, 0.1) is 0 Å². The van der Waals surface area contributed by atoms with E-state index < -0.39 is 11.7 Å². The van der Waals surface area contributed by atoms with Crippen LogP contribution in [0.3, 0.4) is 0 Å². The summed E-state index contributed by atoms with van der Waals surface area (Å²) in [4.78, 5) is 16.0. The largest absolute Gasteiger partial charge is 0.459 e. The van der Waals surface area contributed by atoms with Crippen molar-refractivity contribution in [1.29, 1.82) is 0 Å². The molecule has 1 fully saturated rings. The molecular weight excluding hydrogens is 421 g/mol. The first kappa shape index (κ1) is 20.3. The molecule has 1 aliphatic heterocycles. The van der Waals surface area contributed by atoms with Gasteiger partial charge in [-0.25, -0.2) is 0 Å². The van der Waals surface area contributed by atoms with Crippen LogP contribution in [0.15, 0.2) is 56.7 Å². The second-order valence-electron chi connectivity index (χ2n) is 6.56. The van der Waals surface area contributed by atoms with E-state index in [1.165, 1.54) is 12.3 Å².